The van der Waals surface area contributed by atoms with Gasteiger partial charge in [0.05, 0.1) is 26.8 Å². The van der Waals surface area contributed by atoms with Gasteiger partial charge in [0.25, 0.3) is 0 Å². The zero-order valence-corrected chi connectivity index (χ0v) is 9.66. The molecule has 15 heavy (non-hydrogen) atoms. The van der Waals surface area contributed by atoms with E-state index in [0.29, 0.717) is 26.5 Å². The van der Waals surface area contributed by atoms with Gasteiger partial charge in [-0.1, -0.05) is 35.0 Å². The lowest BCUT2D eigenvalue weighted by Gasteiger charge is -1.98. The first kappa shape index (κ1) is 9.51. The van der Waals surface area contributed by atoms with Gasteiger partial charge in [-0.15, -0.1) is 0 Å². The average molecular weight is 259 g/mol. The van der Waals surface area contributed by atoms with Crippen LogP contribution in [0, 0.1) is 0 Å². The van der Waals surface area contributed by atoms with Crippen LogP contribution in [0.2, 0.25) is 10.0 Å². The van der Waals surface area contributed by atoms with Crippen molar-refractivity contribution in [2.45, 2.75) is 5.16 Å². The molecule has 3 rings (SSSR count). The number of imidazole rings is 1. The fourth-order valence-electron chi connectivity index (χ4n) is 1.58. The Morgan fingerprint density at radius 3 is 2.87 bits per heavy atom. The Morgan fingerprint density at radius 2 is 2.07 bits per heavy atom. The van der Waals surface area contributed by atoms with Crippen LogP contribution in [0.3, 0.4) is 0 Å². The summed E-state index contributed by atoms with van der Waals surface area (Å²) in [7, 11) is 0. The molecule has 0 spiro atoms. The quantitative estimate of drug-likeness (QED) is 0.729. The number of fused-ring (bicyclic) bond motifs is 3. The Balaban J connectivity index is 2.42. The number of carbonyl (C=O) groups is 1. The molecule has 0 N–H and O–H groups in total. The van der Waals surface area contributed by atoms with E-state index in [1.54, 1.807) is 16.7 Å². The van der Waals surface area contributed by atoms with Crippen molar-refractivity contribution in [1.82, 2.24) is 9.55 Å². The summed E-state index contributed by atoms with van der Waals surface area (Å²) in [6, 6.07) is 3.36. The van der Waals surface area contributed by atoms with Crippen LogP contribution in [0.5, 0.6) is 0 Å². The summed E-state index contributed by atoms with van der Waals surface area (Å²) < 4.78 is 1.59. The Bertz CT molecular complexity index is 593. The molecule has 0 fully saturated rings. The maximum Gasteiger partial charge on any atom is 0.243 e. The highest BCUT2D eigenvalue weighted by atomic mass is 35.5. The molecule has 2 aromatic rings. The van der Waals surface area contributed by atoms with E-state index in [4.69, 9.17) is 23.2 Å². The molecule has 0 unspecified atom stereocenters. The normalized spacial score (nSPS) is 14.9. The number of halogens is 2. The Kier molecular flexibility index (Phi) is 1.99. The number of nitrogens with zero attached hydrogens (tertiary/aromatic N) is 2. The first-order valence-electron chi connectivity index (χ1n) is 4.20. The fourth-order valence-corrected chi connectivity index (χ4v) is 2.77. The molecule has 0 bridgehead atoms. The Hall–Kier alpha value is -0.710. The molecule has 0 saturated heterocycles. The lowest BCUT2D eigenvalue weighted by molar-refractivity contribution is 0.0944. The first-order valence-corrected chi connectivity index (χ1v) is 5.94. The molecule has 0 radical (unpaired) electrons. The molecule has 0 amide bonds. The average Bonchev–Trinajstić information content (AvgIpc) is 2.69. The molecular formula is C9H4Cl2N2OS. The van der Waals surface area contributed by atoms with Crippen LogP contribution in [0.1, 0.15) is 4.79 Å². The molecule has 0 atom stereocenters. The molecule has 0 saturated carbocycles. The highest BCUT2D eigenvalue weighted by Crippen LogP contribution is 2.33. The second kappa shape index (κ2) is 3.14. The zero-order chi connectivity index (χ0) is 10.6. The highest BCUT2D eigenvalue weighted by molar-refractivity contribution is 8.00. The summed E-state index contributed by atoms with van der Waals surface area (Å²) in [5, 5.41) is 1.61. The van der Waals surface area contributed by atoms with Gasteiger partial charge in [0.1, 0.15) is 0 Å². The van der Waals surface area contributed by atoms with E-state index in [0.717, 1.165) is 5.52 Å². The van der Waals surface area contributed by atoms with Gasteiger partial charge in [-0.05, 0) is 12.1 Å². The third-order valence-electron chi connectivity index (χ3n) is 2.24. The number of hydrogen-bond donors (Lipinski definition) is 0. The number of benzene rings is 1. The number of carbonyl (C=O) groups excluding carboxylic acids is 1. The number of aromatic nitrogens is 2. The van der Waals surface area contributed by atoms with Crippen LogP contribution in [0.4, 0.5) is 0 Å². The smallest absolute Gasteiger partial charge is 0.243 e. The summed E-state index contributed by atoms with van der Waals surface area (Å²) in [4.78, 5) is 15.9. The van der Waals surface area contributed by atoms with Gasteiger partial charge in [0.15, 0.2) is 5.16 Å². The van der Waals surface area contributed by atoms with Crippen LogP contribution in [0.25, 0.3) is 11.0 Å². The van der Waals surface area contributed by atoms with Crippen molar-refractivity contribution in [1.29, 1.82) is 0 Å². The van der Waals surface area contributed by atoms with Crippen molar-refractivity contribution in [3.05, 3.63) is 22.2 Å². The number of thioether (sulfide) groups is 1. The van der Waals surface area contributed by atoms with E-state index < -0.39 is 0 Å². The molecule has 1 aliphatic heterocycles. The topological polar surface area (TPSA) is 34.9 Å². The first-order chi connectivity index (χ1) is 7.16. The molecule has 2 heterocycles. The van der Waals surface area contributed by atoms with Gasteiger partial charge in [-0.3, -0.25) is 9.36 Å². The van der Waals surface area contributed by atoms with E-state index >= 15 is 0 Å². The van der Waals surface area contributed by atoms with Gasteiger partial charge >= 0.3 is 0 Å². The van der Waals surface area contributed by atoms with Crippen LogP contribution in [-0.2, 0) is 0 Å². The minimum Gasteiger partial charge on any atom is -0.273 e. The van der Waals surface area contributed by atoms with E-state index in [9.17, 15) is 4.79 Å². The summed E-state index contributed by atoms with van der Waals surface area (Å²) in [6.45, 7) is 0. The monoisotopic (exact) mass is 258 g/mol. The molecule has 6 heteroatoms. The van der Waals surface area contributed by atoms with Crippen LogP contribution < -0.4 is 0 Å². The highest BCUT2D eigenvalue weighted by Gasteiger charge is 2.24. The molecule has 1 aliphatic rings. The van der Waals surface area contributed by atoms with Crippen LogP contribution >= 0.6 is 35.0 Å². The van der Waals surface area contributed by atoms with Crippen molar-refractivity contribution >= 4 is 51.9 Å². The number of rotatable bonds is 0. The minimum atomic E-state index is 0.0379. The third-order valence-corrected chi connectivity index (χ3v) is 3.89. The molecule has 76 valence electrons. The van der Waals surface area contributed by atoms with E-state index in [2.05, 4.69) is 4.98 Å². The minimum absolute atomic E-state index is 0.0379. The Morgan fingerprint density at radius 1 is 1.33 bits per heavy atom. The summed E-state index contributed by atoms with van der Waals surface area (Å²) in [5.41, 5.74) is 1.44. The summed E-state index contributed by atoms with van der Waals surface area (Å²) >= 11 is 13.2. The molecule has 3 nitrogen and oxygen atoms in total. The third kappa shape index (κ3) is 1.29. The van der Waals surface area contributed by atoms with Gasteiger partial charge in [-0.25, -0.2) is 4.98 Å². The molecule has 0 aliphatic carbocycles. The molecule has 1 aromatic heterocycles. The van der Waals surface area contributed by atoms with Gasteiger partial charge in [0, 0.05) is 0 Å². The van der Waals surface area contributed by atoms with E-state index in [1.165, 1.54) is 11.8 Å². The van der Waals surface area contributed by atoms with Crippen molar-refractivity contribution in [3.63, 3.8) is 0 Å². The van der Waals surface area contributed by atoms with Crippen molar-refractivity contribution in [3.8, 4) is 0 Å². The predicted octanol–water partition coefficient (Wildman–Crippen LogP) is 3.09. The molecule has 1 aromatic carbocycles. The van der Waals surface area contributed by atoms with Crippen LogP contribution in [0.15, 0.2) is 17.3 Å². The van der Waals surface area contributed by atoms with Crippen molar-refractivity contribution in [2.75, 3.05) is 5.75 Å². The predicted molar refractivity (Wildman–Crippen MR) is 61.1 cm³/mol. The maximum absolute atomic E-state index is 11.6. The maximum atomic E-state index is 11.6. The second-order valence-corrected chi connectivity index (χ2v) is 4.92. The van der Waals surface area contributed by atoms with Gasteiger partial charge in [0.2, 0.25) is 5.91 Å². The lowest BCUT2D eigenvalue weighted by Crippen LogP contribution is -2.05. The second-order valence-electron chi connectivity index (χ2n) is 3.17. The van der Waals surface area contributed by atoms with Gasteiger partial charge in [-0.2, -0.15) is 0 Å². The number of hydrogen-bond acceptors (Lipinski definition) is 3. The standard InChI is InChI=1S/C9H4Cl2N2OS/c10-4-1-6-7(2-5(4)11)13-8(14)3-15-9(13)12-6/h1-2H,3H2. The van der Waals surface area contributed by atoms with Crippen molar-refractivity contribution in [2.24, 2.45) is 0 Å². The summed E-state index contributed by atoms with van der Waals surface area (Å²) in [6.07, 6.45) is 0. The van der Waals surface area contributed by atoms with Crippen LogP contribution in [-0.4, -0.2) is 21.2 Å². The van der Waals surface area contributed by atoms with Gasteiger partial charge < -0.3 is 0 Å². The summed E-state index contributed by atoms with van der Waals surface area (Å²) in [5.74, 6) is 0.481. The molecular weight excluding hydrogens is 255 g/mol. The fraction of sp³-hybridized carbons (Fsp3) is 0.111. The SMILES string of the molecule is O=C1CSc2nc3cc(Cl)c(Cl)cc3n21. The van der Waals surface area contributed by atoms with E-state index in [-0.39, 0.29) is 5.91 Å². The zero-order valence-electron chi connectivity index (χ0n) is 7.33. The van der Waals surface area contributed by atoms with E-state index in [1.807, 2.05) is 0 Å². The van der Waals surface area contributed by atoms with Crippen molar-refractivity contribution < 1.29 is 4.79 Å². The lowest BCUT2D eigenvalue weighted by atomic mass is 10.3. The Labute approximate surface area is 99.4 Å². The largest absolute Gasteiger partial charge is 0.273 e.